The lowest BCUT2D eigenvalue weighted by atomic mass is 10.00. The number of carbonyl (C=O) groups is 1. The zero-order chi connectivity index (χ0) is 20.8. The number of fused-ring (bicyclic) bond motifs is 3. The average molecular weight is 414 g/mol. The van der Waals surface area contributed by atoms with Gasteiger partial charge in [-0.05, 0) is 43.3 Å². The van der Waals surface area contributed by atoms with Gasteiger partial charge in [-0.1, -0.05) is 18.2 Å². The van der Waals surface area contributed by atoms with Crippen molar-refractivity contribution >= 4 is 27.3 Å². The maximum Gasteiger partial charge on any atom is 0.264 e. The average Bonchev–Trinajstić information content (AvgIpc) is 2.71. The standard InChI is InChI=1S/C21H16F2N2O3S/c1-2-25-19-10-7-13(21(26)24-14-8-9-17(22)18(23)12-14)11-16(19)15-5-3-4-6-20(15)29(25,27)28/h3-12H,2H2,1H3,(H,24,26). The maximum atomic E-state index is 13.4. The molecule has 148 valence electrons. The second kappa shape index (κ2) is 6.97. The van der Waals surface area contributed by atoms with E-state index in [1.54, 1.807) is 37.3 Å². The van der Waals surface area contributed by atoms with Crippen molar-refractivity contribution in [2.45, 2.75) is 11.8 Å². The van der Waals surface area contributed by atoms with E-state index in [0.717, 1.165) is 12.1 Å². The molecule has 8 heteroatoms. The number of nitrogens with one attached hydrogen (secondary N) is 1. The van der Waals surface area contributed by atoms with E-state index in [1.165, 1.54) is 22.5 Å². The van der Waals surface area contributed by atoms with Crippen molar-refractivity contribution in [3.05, 3.63) is 77.9 Å². The molecule has 0 radical (unpaired) electrons. The van der Waals surface area contributed by atoms with Gasteiger partial charge >= 0.3 is 0 Å². The van der Waals surface area contributed by atoms with Crippen LogP contribution in [0.25, 0.3) is 11.1 Å². The Hall–Kier alpha value is -3.26. The number of halogens is 2. The number of anilines is 2. The minimum absolute atomic E-state index is 0.116. The maximum absolute atomic E-state index is 13.4. The van der Waals surface area contributed by atoms with Gasteiger partial charge < -0.3 is 5.32 Å². The van der Waals surface area contributed by atoms with Crippen LogP contribution in [0.1, 0.15) is 17.3 Å². The van der Waals surface area contributed by atoms with Crippen molar-refractivity contribution < 1.29 is 22.0 Å². The molecule has 0 saturated heterocycles. The van der Waals surface area contributed by atoms with E-state index in [0.29, 0.717) is 16.8 Å². The van der Waals surface area contributed by atoms with Crippen LogP contribution in [0.3, 0.4) is 0 Å². The third-order valence-corrected chi connectivity index (χ3v) is 6.68. The number of nitrogens with zero attached hydrogens (tertiary/aromatic N) is 1. The summed E-state index contributed by atoms with van der Waals surface area (Å²) in [7, 11) is -3.68. The second-order valence-corrected chi connectivity index (χ2v) is 8.31. The Kier molecular flexibility index (Phi) is 4.58. The Morgan fingerprint density at radius 3 is 2.45 bits per heavy atom. The second-order valence-electron chi connectivity index (χ2n) is 6.48. The van der Waals surface area contributed by atoms with Crippen molar-refractivity contribution in [2.24, 2.45) is 0 Å². The van der Waals surface area contributed by atoms with Gasteiger partial charge in [0.05, 0.1) is 10.6 Å². The smallest absolute Gasteiger partial charge is 0.264 e. The van der Waals surface area contributed by atoms with Crippen molar-refractivity contribution in [3.8, 4) is 11.1 Å². The Labute approximate surface area is 166 Å². The van der Waals surface area contributed by atoms with E-state index >= 15 is 0 Å². The Morgan fingerprint density at radius 1 is 0.966 bits per heavy atom. The molecule has 0 unspecified atom stereocenters. The van der Waals surface area contributed by atoms with E-state index in [2.05, 4.69) is 5.32 Å². The summed E-state index contributed by atoms with van der Waals surface area (Å²) in [5.74, 6) is -2.59. The first-order valence-corrected chi connectivity index (χ1v) is 10.3. The Balaban J connectivity index is 1.77. The number of carbonyl (C=O) groups excluding carboxylic acids is 1. The summed E-state index contributed by atoms with van der Waals surface area (Å²) < 4.78 is 53.6. The molecule has 0 aliphatic carbocycles. The lowest BCUT2D eigenvalue weighted by Crippen LogP contribution is -2.34. The van der Waals surface area contributed by atoms with E-state index < -0.39 is 27.6 Å². The number of sulfonamides is 1. The highest BCUT2D eigenvalue weighted by Gasteiger charge is 2.34. The first kappa shape index (κ1) is 19.1. The number of benzene rings is 3. The molecule has 0 fully saturated rings. The fourth-order valence-corrected chi connectivity index (χ4v) is 5.09. The predicted octanol–water partition coefficient (Wildman–Crippen LogP) is 4.41. The van der Waals surface area contributed by atoms with E-state index in [-0.39, 0.29) is 22.7 Å². The zero-order valence-corrected chi connectivity index (χ0v) is 16.1. The third-order valence-electron chi connectivity index (χ3n) is 4.74. The summed E-state index contributed by atoms with van der Waals surface area (Å²) in [6.07, 6.45) is 0. The molecule has 4 rings (SSSR count). The van der Waals surface area contributed by atoms with Crippen molar-refractivity contribution in [2.75, 3.05) is 16.2 Å². The zero-order valence-electron chi connectivity index (χ0n) is 15.3. The van der Waals surface area contributed by atoms with Gasteiger partial charge in [0.25, 0.3) is 15.9 Å². The van der Waals surface area contributed by atoms with Crippen molar-refractivity contribution in [3.63, 3.8) is 0 Å². The minimum atomic E-state index is -3.68. The molecule has 3 aromatic rings. The topological polar surface area (TPSA) is 66.5 Å². The van der Waals surface area contributed by atoms with Gasteiger partial charge in [0.15, 0.2) is 11.6 Å². The molecule has 1 aliphatic rings. The van der Waals surface area contributed by atoms with Crippen LogP contribution >= 0.6 is 0 Å². The lowest BCUT2D eigenvalue weighted by molar-refractivity contribution is 0.102. The summed E-state index contributed by atoms with van der Waals surface area (Å²) >= 11 is 0. The quantitative estimate of drug-likeness (QED) is 0.690. The van der Waals surface area contributed by atoms with Crippen molar-refractivity contribution in [1.82, 2.24) is 0 Å². The molecule has 0 atom stereocenters. The molecule has 0 bridgehead atoms. The molecule has 3 aromatic carbocycles. The normalized spacial score (nSPS) is 14.1. The van der Waals surface area contributed by atoms with Crippen molar-refractivity contribution in [1.29, 1.82) is 0 Å². The third kappa shape index (κ3) is 3.15. The summed E-state index contributed by atoms with van der Waals surface area (Å²) in [5.41, 5.74) is 1.98. The van der Waals surface area contributed by atoms with Gasteiger partial charge in [0, 0.05) is 35.0 Å². The molecule has 5 nitrogen and oxygen atoms in total. The van der Waals surface area contributed by atoms with Gasteiger partial charge in [-0.3, -0.25) is 9.10 Å². The monoisotopic (exact) mass is 414 g/mol. The van der Waals surface area contributed by atoms with Crippen LogP contribution in [0.15, 0.2) is 65.6 Å². The van der Waals surface area contributed by atoms with E-state index in [1.807, 2.05) is 0 Å². The molecule has 1 amide bonds. The van der Waals surface area contributed by atoms with Gasteiger partial charge in [-0.25, -0.2) is 17.2 Å². The van der Waals surface area contributed by atoms with Crippen LogP contribution in [-0.4, -0.2) is 20.9 Å². The Morgan fingerprint density at radius 2 is 1.72 bits per heavy atom. The van der Waals surface area contributed by atoms with E-state index in [4.69, 9.17) is 0 Å². The molecule has 0 aromatic heterocycles. The molecule has 1 aliphatic heterocycles. The highest BCUT2D eigenvalue weighted by molar-refractivity contribution is 7.93. The van der Waals surface area contributed by atoms with Crippen LogP contribution in [-0.2, 0) is 10.0 Å². The molecule has 0 saturated carbocycles. The summed E-state index contributed by atoms with van der Waals surface area (Å²) in [4.78, 5) is 12.8. The highest BCUT2D eigenvalue weighted by Crippen LogP contribution is 2.43. The number of hydrogen-bond acceptors (Lipinski definition) is 3. The largest absolute Gasteiger partial charge is 0.322 e. The molecule has 29 heavy (non-hydrogen) atoms. The Bertz CT molecular complexity index is 1240. The van der Waals surface area contributed by atoms with Gasteiger partial charge in [0.1, 0.15) is 0 Å². The van der Waals surface area contributed by atoms with Crippen LogP contribution in [0.5, 0.6) is 0 Å². The molecule has 1 heterocycles. The lowest BCUT2D eigenvalue weighted by Gasteiger charge is -2.31. The first-order valence-electron chi connectivity index (χ1n) is 8.85. The minimum Gasteiger partial charge on any atom is -0.322 e. The number of hydrogen-bond donors (Lipinski definition) is 1. The fourth-order valence-electron chi connectivity index (χ4n) is 3.39. The predicted molar refractivity (Wildman–Crippen MR) is 106 cm³/mol. The SMILES string of the molecule is CCN1c2ccc(C(=O)Nc3ccc(F)c(F)c3)cc2-c2ccccc2S1(=O)=O. The fraction of sp³-hybridized carbons (Fsp3) is 0.0952. The van der Waals surface area contributed by atoms with Gasteiger partial charge in [-0.15, -0.1) is 0 Å². The van der Waals surface area contributed by atoms with Crippen LogP contribution < -0.4 is 9.62 Å². The summed E-state index contributed by atoms with van der Waals surface area (Å²) in [6, 6.07) is 14.4. The van der Waals surface area contributed by atoms with Crippen LogP contribution in [0.2, 0.25) is 0 Å². The molecular formula is C21H16F2N2O3S. The number of amides is 1. The van der Waals surface area contributed by atoms with Gasteiger partial charge in [0.2, 0.25) is 0 Å². The molecular weight excluding hydrogens is 398 g/mol. The van der Waals surface area contributed by atoms with Crippen LogP contribution in [0.4, 0.5) is 20.2 Å². The highest BCUT2D eigenvalue weighted by atomic mass is 32.2. The van der Waals surface area contributed by atoms with Crippen LogP contribution in [0, 0.1) is 11.6 Å². The van der Waals surface area contributed by atoms with E-state index in [9.17, 15) is 22.0 Å². The summed E-state index contributed by atoms with van der Waals surface area (Å²) in [5, 5.41) is 2.52. The van der Waals surface area contributed by atoms with Gasteiger partial charge in [-0.2, -0.15) is 0 Å². The summed E-state index contributed by atoms with van der Waals surface area (Å²) in [6.45, 7) is 1.98. The number of rotatable bonds is 3. The molecule has 0 spiro atoms. The molecule has 1 N–H and O–H groups in total. The first-order chi connectivity index (χ1) is 13.8.